The van der Waals surface area contributed by atoms with E-state index in [0.717, 1.165) is 18.4 Å². The summed E-state index contributed by atoms with van der Waals surface area (Å²) >= 11 is 0. The molecule has 0 amide bonds. The van der Waals surface area contributed by atoms with Crippen molar-refractivity contribution in [3.8, 4) is 16.9 Å². The molecule has 3 rings (SSSR count). The van der Waals surface area contributed by atoms with Crippen LogP contribution in [0.25, 0.3) is 21.9 Å². The standard InChI is InChI=1S/C23H19F3O/c1-3-5-6-15-7-9-16(10-8-15)18-12-11-17-14-19(27-13-4-2)22(25)23(26)20(17)21(18)24/h3-4,7-12,14H,1-2,5-6,13H2. The van der Waals surface area contributed by atoms with Crippen LogP contribution in [0.4, 0.5) is 13.2 Å². The molecule has 4 heteroatoms. The van der Waals surface area contributed by atoms with Gasteiger partial charge in [-0.15, -0.1) is 6.58 Å². The van der Waals surface area contributed by atoms with Gasteiger partial charge in [0.2, 0.25) is 5.82 Å². The number of hydrogen-bond acceptors (Lipinski definition) is 1. The third-order valence-electron chi connectivity index (χ3n) is 4.35. The molecule has 1 nitrogen and oxygen atoms in total. The summed E-state index contributed by atoms with van der Waals surface area (Å²) in [5, 5.41) is -0.150. The smallest absolute Gasteiger partial charge is 0.201 e. The van der Waals surface area contributed by atoms with Crippen molar-refractivity contribution in [1.29, 1.82) is 0 Å². The highest BCUT2D eigenvalue weighted by Gasteiger charge is 2.20. The number of ether oxygens (including phenoxy) is 1. The first-order valence-corrected chi connectivity index (χ1v) is 8.61. The van der Waals surface area contributed by atoms with Crippen molar-refractivity contribution < 1.29 is 17.9 Å². The summed E-state index contributed by atoms with van der Waals surface area (Å²) in [4.78, 5) is 0. The molecule has 3 aromatic rings. The minimum atomic E-state index is -1.26. The predicted molar refractivity (Wildman–Crippen MR) is 103 cm³/mol. The van der Waals surface area contributed by atoms with Crippen LogP contribution in [0, 0.1) is 17.5 Å². The van der Waals surface area contributed by atoms with Crippen LogP contribution in [-0.4, -0.2) is 6.61 Å². The molecular formula is C23H19F3O. The van der Waals surface area contributed by atoms with Crippen LogP contribution in [0.3, 0.4) is 0 Å². The highest BCUT2D eigenvalue weighted by atomic mass is 19.2. The van der Waals surface area contributed by atoms with Gasteiger partial charge in [-0.05, 0) is 35.4 Å². The molecule has 3 aromatic carbocycles. The van der Waals surface area contributed by atoms with E-state index < -0.39 is 17.5 Å². The van der Waals surface area contributed by atoms with E-state index >= 15 is 4.39 Å². The summed E-state index contributed by atoms with van der Waals surface area (Å²) in [6.45, 7) is 7.18. The third kappa shape index (κ3) is 3.75. The van der Waals surface area contributed by atoms with E-state index in [2.05, 4.69) is 13.2 Å². The molecule has 0 N–H and O–H groups in total. The van der Waals surface area contributed by atoms with Gasteiger partial charge in [-0.1, -0.05) is 55.1 Å². The van der Waals surface area contributed by atoms with Crippen LogP contribution in [0.5, 0.6) is 5.75 Å². The molecule has 0 saturated heterocycles. The topological polar surface area (TPSA) is 9.23 Å². The molecule has 0 radical (unpaired) electrons. The Bertz CT molecular complexity index is 991. The predicted octanol–water partition coefficient (Wildman–Crippen LogP) is 6.61. The van der Waals surface area contributed by atoms with Crippen LogP contribution >= 0.6 is 0 Å². The van der Waals surface area contributed by atoms with Gasteiger partial charge in [-0.25, -0.2) is 8.78 Å². The van der Waals surface area contributed by atoms with Gasteiger partial charge in [0.25, 0.3) is 0 Å². The lowest BCUT2D eigenvalue weighted by Gasteiger charge is -2.12. The van der Waals surface area contributed by atoms with Crippen molar-refractivity contribution in [2.75, 3.05) is 6.61 Å². The lowest BCUT2D eigenvalue weighted by Crippen LogP contribution is -2.00. The number of fused-ring (bicyclic) bond motifs is 1. The average Bonchev–Trinajstić information content (AvgIpc) is 2.68. The summed E-state index contributed by atoms with van der Waals surface area (Å²) in [5.41, 5.74) is 1.92. The van der Waals surface area contributed by atoms with Crippen molar-refractivity contribution in [3.05, 3.63) is 90.8 Å². The Morgan fingerprint density at radius 1 is 0.852 bits per heavy atom. The fourth-order valence-corrected chi connectivity index (χ4v) is 2.95. The lowest BCUT2D eigenvalue weighted by atomic mass is 9.98. The van der Waals surface area contributed by atoms with Gasteiger partial charge in [0, 0.05) is 5.56 Å². The van der Waals surface area contributed by atoms with Gasteiger partial charge < -0.3 is 4.74 Å². The van der Waals surface area contributed by atoms with Gasteiger partial charge in [0.05, 0.1) is 5.39 Å². The summed E-state index contributed by atoms with van der Waals surface area (Å²) in [6, 6.07) is 11.8. The molecule has 0 aliphatic heterocycles. The molecule has 0 bridgehead atoms. The van der Waals surface area contributed by atoms with Crippen molar-refractivity contribution >= 4 is 10.8 Å². The molecule has 0 aromatic heterocycles. The van der Waals surface area contributed by atoms with Crippen molar-refractivity contribution in [1.82, 2.24) is 0 Å². The third-order valence-corrected chi connectivity index (χ3v) is 4.35. The molecule has 0 fully saturated rings. The van der Waals surface area contributed by atoms with Crippen LogP contribution in [0.15, 0.2) is 67.8 Å². The van der Waals surface area contributed by atoms with Crippen LogP contribution < -0.4 is 4.74 Å². The van der Waals surface area contributed by atoms with E-state index in [-0.39, 0.29) is 28.7 Å². The zero-order chi connectivity index (χ0) is 19.4. The molecule has 0 heterocycles. The van der Waals surface area contributed by atoms with E-state index in [1.165, 1.54) is 12.1 Å². The molecule has 27 heavy (non-hydrogen) atoms. The maximum absolute atomic E-state index is 15.0. The van der Waals surface area contributed by atoms with E-state index in [4.69, 9.17) is 4.74 Å². The summed E-state index contributed by atoms with van der Waals surface area (Å²) in [6.07, 6.45) is 4.95. The number of rotatable bonds is 7. The zero-order valence-electron chi connectivity index (χ0n) is 14.8. The SMILES string of the molecule is C=CCCc1ccc(-c2ccc3cc(OCC=C)c(F)c(F)c3c2F)cc1. The second kappa shape index (κ2) is 8.12. The lowest BCUT2D eigenvalue weighted by molar-refractivity contribution is 0.334. The van der Waals surface area contributed by atoms with Gasteiger partial charge in [-0.2, -0.15) is 4.39 Å². The van der Waals surface area contributed by atoms with Crippen molar-refractivity contribution in [3.63, 3.8) is 0 Å². The maximum atomic E-state index is 15.0. The van der Waals surface area contributed by atoms with Crippen molar-refractivity contribution in [2.45, 2.75) is 12.8 Å². The van der Waals surface area contributed by atoms with Crippen LogP contribution in [0.1, 0.15) is 12.0 Å². The Labute approximate surface area is 156 Å². The fourth-order valence-electron chi connectivity index (χ4n) is 2.95. The highest BCUT2D eigenvalue weighted by Crippen LogP contribution is 2.35. The Morgan fingerprint density at radius 3 is 2.26 bits per heavy atom. The summed E-state index contributed by atoms with van der Waals surface area (Å²) < 4.78 is 48.9. The first kappa shape index (κ1) is 18.8. The second-order valence-electron chi connectivity index (χ2n) is 6.15. The Hall–Kier alpha value is -3.01. The van der Waals surface area contributed by atoms with Gasteiger partial charge in [-0.3, -0.25) is 0 Å². The maximum Gasteiger partial charge on any atom is 0.201 e. The number of benzene rings is 3. The quantitative estimate of drug-likeness (QED) is 0.427. The highest BCUT2D eigenvalue weighted by molar-refractivity contribution is 5.90. The molecule has 0 aliphatic carbocycles. The second-order valence-corrected chi connectivity index (χ2v) is 6.15. The zero-order valence-corrected chi connectivity index (χ0v) is 14.8. The Kier molecular flexibility index (Phi) is 5.65. The molecule has 0 unspecified atom stereocenters. The van der Waals surface area contributed by atoms with Gasteiger partial charge in [0.15, 0.2) is 11.6 Å². The summed E-state index contributed by atoms with van der Waals surface area (Å²) in [7, 11) is 0. The molecule has 0 atom stereocenters. The van der Waals surface area contributed by atoms with Gasteiger partial charge in [0.1, 0.15) is 12.4 Å². The number of hydrogen-bond donors (Lipinski definition) is 0. The largest absolute Gasteiger partial charge is 0.486 e. The number of allylic oxidation sites excluding steroid dienone is 1. The minimum absolute atomic E-state index is 0.0284. The molecule has 0 aliphatic rings. The normalized spacial score (nSPS) is 10.8. The van der Waals surface area contributed by atoms with Crippen LogP contribution in [-0.2, 0) is 6.42 Å². The molecule has 0 spiro atoms. The monoisotopic (exact) mass is 368 g/mol. The first-order valence-electron chi connectivity index (χ1n) is 8.61. The average molecular weight is 368 g/mol. The Morgan fingerprint density at radius 2 is 1.59 bits per heavy atom. The van der Waals surface area contributed by atoms with E-state index in [9.17, 15) is 8.78 Å². The van der Waals surface area contributed by atoms with Crippen molar-refractivity contribution in [2.24, 2.45) is 0 Å². The first-order chi connectivity index (χ1) is 13.1. The Balaban J connectivity index is 2.05. The molecular weight excluding hydrogens is 349 g/mol. The molecule has 138 valence electrons. The minimum Gasteiger partial charge on any atom is -0.486 e. The number of halogens is 3. The van der Waals surface area contributed by atoms with Gasteiger partial charge >= 0.3 is 0 Å². The van der Waals surface area contributed by atoms with E-state index in [1.54, 1.807) is 24.3 Å². The number of aryl methyl sites for hydroxylation is 1. The molecule has 0 saturated carbocycles. The summed E-state index contributed by atoms with van der Waals surface area (Å²) in [5.74, 6) is -3.52. The van der Waals surface area contributed by atoms with E-state index in [1.807, 2.05) is 18.2 Å². The fraction of sp³-hybridized carbons (Fsp3) is 0.130. The van der Waals surface area contributed by atoms with Crippen LogP contribution in [0.2, 0.25) is 0 Å². The van der Waals surface area contributed by atoms with E-state index in [0.29, 0.717) is 5.56 Å².